The molecule has 3 rings (SSSR count). The highest BCUT2D eigenvalue weighted by molar-refractivity contribution is 5.54. The summed E-state index contributed by atoms with van der Waals surface area (Å²) in [4.78, 5) is 6.92. The minimum atomic E-state index is 0.574. The number of rotatable bonds is 5. The lowest BCUT2D eigenvalue weighted by Crippen LogP contribution is -2.36. The fraction of sp³-hybridized carbons (Fsp3) is 0.500. The molecule has 1 aromatic carbocycles. The summed E-state index contributed by atoms with van der Waals surface area (Å²) in [6.07, 6.45) is 1.19. The van der Waals surface area contributed by atoms with E-state index < -0.39 is 0 Å². The van der Waals surface area contributed by atoms with Crippen molar-refractivity contribution in [3.63, 3.8) is 0 Å². The Balaban J connectivity index is 1.70. The van der Waals surface area contributed by atoms with Gasteiger partial charge in [-0.1, -0.05) is 41.9 Å². The summed E-state index contributed by atoms with van der Waals surface area (Å²) < 4.78 is 5.42. The second-order valence-electron chi connectivity index (χ2n) is 5.59. The summed E-state index contributed by atoms with van der Waals surface area (Å²) in [6, 6.07) is 8.76. The largest absolute Gasteiger partial charge is 0.338 e. The molecule has 5 nitrogen and oxygen atoms in total. The highest BCUT2D eigenvalue weighted by Crippen LogP contribution is 2.18. The number of nitrogens with one attached hydrogen (secondary N) is 1. The maximum absolute atomic E-state index is 5.42. The smallest absolute Gasteiger partial charge is 0.241 e. The normalized spacial score (nSPS) is 18.5. The van der Waals surface area contributed by atoms with Crippen molar-refractivity contribution in [2.24, 2.45) is 0 Å². The molecule has 0 saturated carbocycles. The molecule has 0 bridgehead atoms. The van der Waals surface area contributed by atoms with Crippen molar-refractivity contribution in [1.29, 1.82) is 0 Å². The quantitative estimate of drug-likeness (QED) is 0.913. The third-order valence-corrected chi connectivity index (χ3v) is 4.07. The second kappa shape index (κ2) is 6.37. The fourth-order valence-electron chi connectivity index (χ4n) is 2.76. The highest BCUT2D eigenvalue weighted by atomic mass is 16.5. The van der Waals surface area contributed by atoms with E-state index in [-0.39, 0.29) is 0 Å². The molecule has 0 aliphatic carbocycles. The maximum Gasteiger partial charge on any atom is 0.241 e. The Morgan fingerprint density at radius 1 is 1.33 bits per heavy atom. The number of hydrogen-bond donors (Lipinski definition) is 1. The Kier molecular flexibility index (Phi) is 4.31. The van der Waals surface area contributed by atoms with Crippen LogP contribution in [0.5, 0.6) is 0 Å². The van der Waals surface area contributed by atoms with Crippen molar-refractivity contribution in [3.8, 4) is 11.4 Å². The molecule has 2 aromatic rings. The highest BCUT2D eigenvalue weighted by Gasteiger charge is 2.23. The summed E-state index contributed by atoms with van der Waals surface area (Å²) in [5.41, 5.74) is 2.23. The van der Waals surface area contributed by atoms with Crippen LogP contribution in [-0.4, -0.2) is 40.7 Å². The molecule has 1 atom stereocenters. The van der Waals surface area contributed by atoms with Crippen LogP contribution < -0.4 is 5.32 Å². The average molecular weight is 286 g/mol. The van der Waals surface area contributed by atoms with E-state index in [2.05, 4.69) is 46.3 Å². The standard InChI is InChI=1S/C16H22N4O/c1-3-20(14-8-9-17-10-14)11-15-18-16(19-21-15)13-6-4-12(2)5-7-13/h4-7,14,17H,3,8-11H2,1-2H3. The first kappa shape index (κ1) is 14.2. The van der Waals surface area contributed by atoms with E-state index in [1.165, 1.54) is 12.0 Å². The zero-order valence-corrected chi connectivity index (χ0v) is 12.7. The Bertz CT molecular complexity index is 572. The van der Waals surface area contributed by atoms with Crippen molar-refractivity contribution in [2.75, 3.05) is 19.6 Å². The van der Waals surface area contributed by atoms with E-state index in [4.69, 9.17) is 4.52 Å². The molecule has 0 spiro atoms. The third kappa shape index (κ3) is 3.31. The predicted molar refractivity (Wildman–Crippen MR) is 81.8 cm³/mol. The Morgan fingerprint density at radius 2 is 2.14 bits per heavy atom. The van der Waals surface area contributed by atoms with Gasteiger partial charge in [0, 0.05) is 18.2 Å². The zero-order chi connectivity index (χ0) is 14.7. The van der Waals surface area contributed by atoms with Gasteiger partial charge >= 0.3 is 0 Å². The van der Waals surface area contributed by atoms with Gasteiger partial charge in [-0.25, -0.2) is 0 Å². The average Bonchev–Trinajstić information content (AvgIpc) is 3.17. The third-order valence-electron chi connectivity index (χ3n) is 4.07. The first-order valence-corrected chi connectivity index (χ1v) is 7.60. The van der Waals surface area contributed by atoms with Gasteiger partial charge in [0.2, 0.25) is 11.7 Å². The maximum atomic E-state index is 5.42. The molecule has 0 amide bonds. The number of aromatic nitrogens is 2. The second-order valence-corrected chi connectivity index (χ2v) is 5.59. The van der Waals surface area contributed by atoms with Gasteiger partial charge in [0.15, 0.2) is 0 Å². The molecule has 0 radical (unpaired) electrons. The lowest BCUT2D eigenvalue weighted by molar-refractivity contribution is 0.183. The molecule has 2 heterocycles. The summed E-state index contributed by atoms with van der Waals surface area (Å²) in [7, 11) is 0. The van der Waals surface area contributed by atoms with Gasteiger partial charge in [-0.05, 0) is 26.4 Å². The van der Waals surface area contributed by atoms with Gasteiger partial charge in [-0.3, -0.25) is 4.90 Å². The summed E-state index contributed by atoms with van der Waals surface area (Å²) in [5, 5.41) is 7.50. The Labute approximate surface area is 125 Å². The summed E-state index contributed by atoms with van der Waals surface area (Å²) >= 11 is 0. The molecule has 1 saturated heterocycles. The van der Waals surface area contributed by atoms with Crippen LogP contribution in [0.3, 0.4) is 0 Å². The van der Waals surface area contributed by atoms with Crippen LogP contribution in [0.1, 0.15) is 24.8 Å². The van der Waals surface area contributed by atoms with Gasteiger partial charge in [-0.15, -0.1) is 0 Å². The molecule has 112 valence electrons. The van der Waals surface area contributed by atoms with Gasteiger partial charge in [-0.2, -0.15) is 4.98 Å². The minimum absolute atomic E-state index is 0.574. The van der Waals surface area contributed by atoms with Crippen LogP contribution in [0, 0.1) is 6.92 Å². The van der Waals surface area contributed by atoms with E-state index in [0.29, 0.717) is 17.8 Å². The van der Waals surface area contributed by atoms with E-state index >= 15 is 0 Å². The lowest BCUT2D eigenvalue weighted by Gasteiger charge is -2.24. The van der Waals surface area contributed by atoms with Gasteiger partial charge in [0.05, 0.1) is 6.54 Å². The first-order valence-electron chi connectivity index (χ1n) is 7.60. The molecule has 5 heteroatoms. The van der Waals surface area contributed by atoms with E-state index in [0.717, 1.165) is 31.7 Å². The van der Waals surface area contributed by atoms with Crippen LogP contribution in [0.4, 0.5) is 0 Å². The molecule has 21 heavy (non-hydrogen) atoms. The van der Waals surface area contributed by atoms with Crippen molar-refractivity contribution >= 4 is 0 Å². The van der Waals surface area contributed by atoms with Gasteiger partial charge in [0.25, 0.3) is 0 Å². The van der Waals surface area contributed by atoms with Crippen LogP contribution >= 0.6 is 0 Å². The van der Waals surface area contributed by atoms with Crippen molar-refractivity contribution in [1.82, 2.24) is 20.4 Å². The topological polar surface area (TPSA) is 54.2 Å². The van der Waals surface area contributed by atoms with Crippen molar-refractivity contribution in [3.05, 3.63) is 35.7 Å². The van der Waals surface area contributed by atoms with Crippen molar-refractivity contribution in [2.45, 2.75) is 32.9 Å². The zero-order valence-electron chi connectivity index (χ0n) is 12.7. The number of nitrogens with zero attached hydrogens (tertiary/aromatic N) is 3. The molecular weight excluding hydrogens is 264 g/mol. The number of aryl methyl sites for hydroxylation is 1. The summed E-state index contributed by atoms with van der Waals surface area (Å²) in [6.45, 7) is 8.11. The van der Waals surface area contributed by atoms with Gasteiger partial charge < -0.3 is 9.84 Å². The SMILES string of the molecule is CCN(Cc1nc(-c2ccc(C)cc2)no1)C1CCNC1. The van der Waals surface area contributed by atoms with Crippen molar-refractivity contribution < 1.29 is 4.52 Å². The minimum Gasteiger partial charge on any atom is -0.338 e. The summed E-state index contributed by atoms with van der Waals surface area (Å²) in [5.74, 6) is 1.37. The van der Waals surface area contributed by atoms with E-state index in [9.17, 15) is 0 Å². The Hall–Kier alpha value is -1.72. The number of benzene rings is 1. The van der Waals surface area contributed by atoms with Gasteiger partial charge in [0.1, 0.15) is 0 Å². The fourth-order valence-corrected chi connectivity index (χ4v) is 2.76. The molecule has 1 aliphatic heterocycles. The number of likely N-dealkylation sites (N-methyl/N-ethyl adjacent to an activating group) is 1. The van der Waals surface area contributed by atoms with E-state index in [1.807, 2.05) is 12.1 Å². The predicted octanol–water partition coefficient (Wildman–Crippen LogP) is 2.23. The molecule has 1 fully saturated rings. The molecule has 1 N–H and O–H groups in total. The van der Waals surface area contributed by atoms with Crippen LogP contribution in [0.25, 0.3) is 11.4 Å². The molecule has 1 aromatic heterocycles. The van der Waals surface area contributed by atoms with Crippen LogP contribution in [0.15, 0.2) is 28.8 Å². The lowest BCUT2D eigenvalue weighted by atomic mass is 10.1. The molecule has 1 aliphatic rings. The molecule has 1 unspecified atom stereocenters. The van der Waals surface area contributed by atoms with Crippen LogP contribution in [0.2, 0.25) is 0 Å². The first-order chi connectivity index (χ1) is 10.3. The molecular formula is C16H22N4O. The van der Waals surface area contributed by atoms with Crippen LogP contribution in [-0.2, 0) is 6.54 Å². The monoisotopic (exact) mass is 286 g/mol. The Morgan fingerprint density at radius 3 is 2.81 bits per heavy atom. The van der Waals surface area contributed by atoms with E-state index in [1.54, 1.807) is 0 Å². The number of hydrogen-bond acceptors (Lipinski definition) is 5.